The molecule has 1 amide bonds. The van der Waals surface area contributed by atoms with Crippen LogP contribution in [0.15, 0.2) is 30.6 Å². The second kappa shape index (κ2) is 11.6. The van der Waals surface area contributed by atoms with Crippen molar-refractivity contribution in [2.75, 3.05) is 69.2 Å². The molecule has 1 aromatic carbocycles. The fourth-order valence-electron chi connectivity index (χ4n) is 5.00. The Morgan fingerprint density at radius 3 is 2.66 bits per heavy atom. The summed E-state index contributed by atoms with van der Waals surface area (Å²) in [6.07, 6.45) is 3.29. The molecule has 1 N–H and O–H groups in total. The van der Waals surface area contributed by atoms with Gasteiger partial charge < -0.3 is 24.4 Å². The third-order valence-corrected chi connectivity index (χ3v) is 7.19. The van der Waals surface area contributed by atoms with E-state index in [9.17, 15) is 10.1 Å². The zero-order chi connectivity index (χ0) is 26.5. The van der Waals surface area contributed by atoms with Crippen molar-refractivity contribution in [3.05, 3.63) is 41.7 Å². The van der Waals surface area contributed by atoms with E-state index < -0.39 is 0 Å². The van der Waals surface area contributed by atoms with Gasteiger partial charge in [0.2, 0.25) is 5.95 Å². The van der Waals surface area contributed by atoms with Crippen molar-refractivity contribution in [2.45, 2.75) is 32.7 Å². The molecule has 0 saturated carbocycles. The van der Waals surface area contributed by atoms with Crippen LogP contribution in [0.3, 0.4) is 0 Å². The van der Waals surface area contributed by atoms with Gasteiger partial charge in [-0.3, -0.25) is 4.90 Å². The first-order chi connectivity index (χ1) is 18.5. The molecule has 5 rings (SSSR count). The summed E-state index contributed by atoms with van der Waals surface area (Å²) in [7, 11) is 0. The lowest BCUT2D eigenvalue weighted by Gasteiger charge is -2.35. The molecule has 0 bridgehead atoms. The number of nitrogens with zero attached hydrogens (tertiary/aromatic N) is 8. The molecular formula is C27H35N9O2. The number of hydrogen-bond donors (Lipinski definition) is 1. The van der Waals surface area contributed by atoms with Crippen molar-refractivity contribution in [1.82, 2.24) is 29.3 Å². The maximum Gasteiger partial charge on any atom is 0.409 e. The van der Waals surface area contributed by atoms with Crippen LogP contribution in [0.4, 0.5) is 16.6 Å². The van der Waals surface area contributed by atoms with Crippen LogP contribution >= 0.6 is 0 Å². The number of aromatic nitrogens is 4. The lowest BCUT2D eigenvalue weighted by Crippen LogP contribution is -2.47. The molecule has 2 fully saturated rings. The Morgan fingerprint density at radius 2 is 1.92 bits per heavy atom. The standard InChI is InChI=1S/C27H35N9O2/c1-20(2)36-19-30-23-24(29-9-8-21-6-3-4-7-22(21)18-28)31-26(32-25(23)36)34-14-12-33(13-15-34)10-5-11-35-16-17-38-27(35)37/h3-4,6-7,19-20H,5,8-17H2,1-2H3,(H,29,31,32). The number of anilines is 2. The summed E-state index contributed by atoms with van der Waals surface area (Å²) >= 11 is 0. The zero-order valence-corrected chi connectivity index (χ0v) is 22.1. The van der Waals surface area contributed by atoms with E-state index in [2.05, 4.69) is 44.6 Å². The Kier molecular flexibility index (Phi) is 7.89. The number of hydrogen-bond acceptors (Lipinski definition) is 9. The number of fused-ring (bicyclic) bond motifs is 1. The van der Waals surface area contributed by atoms with Gasteiger partial charge in [-0.05, 0) is 44.9 Å². The van der Waals surface area contributed by atoms with E-state index in [1.165, 1.54) is 0 Å². The predicted molar refractivity (Wildman–Crippen MR) is 145 cm³/mol. The number of nitriles is 1. The smallest absolute Gasteiger partial charge is 0.409 e. The average Bonchev–Trinajstić information content (AvgIpc) is 3.55. The maximum absolute atomic E-state index is 11.6. The van der Waals surface area contributed by atoms with Gasteiger partial charge in [0.1, 0.15) is 6.61 Å². The van der Waals surface area contributed by atoms with Gasteiger partial charge in [-0.1, -0.05) is 18.2 Å². The van der Waals surface area contributed by atoms with Crippen LogP contribution in [0.25, 0.3) is 11.2 Å². The summed E-state index contributed by atoms with van der Waals surface area (Å²) < 4.78 is 7.09. The number of cyclic esters (lactones) is 1. The first-order valence-corrected chi connectivity index (χ1v) is 13.4. The molecule has 0 atom stereocenters. The normalized spacial score (nSPS) is 16.3. The van der Waals surface area contributed by atoms with Gasteiger partial charge in [0.05, 0.1) is 24.5 Å². The molecule has 0 radical (unpaired) electrons. The van der Waals surface area contributed by atoms with Crippen molar-refractivity contribution in [2.24, 2.45) is 0 Å². The molecule has 4 heterocycles. The Bertz CT molecular complexity index is 1310. The second-order valence-electron chi connectivity index (χ2n) is 10.0. The molecule has 200 valence electrons. The minimum absolute atomic E-state index is 0.193. The van der Waals surface area contributed by atoms with Gasteiger partial charge in [0.25, 0.3) is 0 Å². The van der Waals surface area contributed by atoms with Crippen molar-refractivity contribution in [3.8, 4) is 6.07 Å². The highest BCUT2D eigenvalue weighted by atomic mass is 16.6. The van der Waals surface area contributed by atoms with Gasteiger partial charge >= 0.3 is 6.09 Å². The highest BCUT2D eigenvalue weighted by Gasteiger charge is 2.24. The number of benzene rings is 1. The molecule has 0 spiro atoms. The van der Waals surface area contributed by atoms with Crippen molar-refractivity contribution < 1.29 is 9.53 Å². The fourth-order valence-corrected chi connectivity index (χ4v) is 5.00. The Morgan fingerprint density at radius 1 is 1.11 bits per heavy atom. The number of carbonyl (C=O) groups excluding carboxylic acids is 1. The number of ether oxygens (including phenoxy) is 1. The fraction of sp³-hybridized carbons (Fsp3) is 0.519. The number of imidazole rings is 1. The van der Waals surface area contributed by atoms with Gasteiger partial charge in [-0.2, -0.15) is 15.2 Å². The van der Waals surface area contributed by atoms with E-state index in [0.717, 1.165) is 68.2 Å². The Hall–Kier alpha value is -3.91. The van der Waals surface area contributed by atoms with Gasteiger partial charge in [-0.25, -0.2) is 9.78 Å². The molecule has 3 aromatic rings. The monoisotopic (exact) mass is 517 g/mol. The molecule has 2 saturated heterocycles. The van der Waals surface area contributed by atoms with Crippen LogP contribution in [0.1, 0.15) is 37.4 Å². The molecule has 38 heavy (non-hydrogen) atoms. The van der Waals surface area contributed by atoms with Crippen molar-refractivity contribution in [3.63, 3.8) is 0 Å². The quantitative estimate of drug-likeness (QED) is 0.433. The summed E-state index contributed by atoms with van der Waals surface area (Å²) in [5, 5.41) is 12.9. The second-order valence-corrected chi connectivity index (χ2v) is 10.0. The average molecular weight is 518 g/mol. The lowest BCUT2D eigenvalue weighted by atomic mass is 10.1. The molecular weight excluding hydrogens is 482 g/mol. The van der Waals surface area contributed by atoms with E-state index >= 15 is 0 Å². The molecule has 2 aliphatic rings. The molecule has 11 heteroatoms. The SMILES string of the molecule is CC(C)n1cnc2c(NCCc3ccccc3C#N)nc(N3CCN(CCCN4CCOC4=O)CC3)nc21. The largest absolute Gasteiger partial charge is 0.448 e. The van der Waals surface area contributed by atoms with E-state index in [0.29, 0.717) is 37.6 Å². The zero-order valence-electron chi connectivity index (χ0n) is 22.1. The Labute approximate surface area is 223 Å². The predicted octanol–water partition coefficient (Wildman–Crippen LogP) is 2.90. The number of piperazine rings is 1. The van der Waals surface area contributed by atoms with Crippen LogP contribution in [-0.4, -0.2) is 94.4 Å². The summed E-state index contributed by atoms with van der Waals surface area (Å²) in [5.74, 6) is 1.43. The molecule has 2 aromatic heterocycles. The topological polar surface area (TPSA) is 115 Å². The van der Waals surface area contributed by atoms with E-state index in [-0.39, 0.29) is 12.1 Å². The van der Waals surface area contributed by atoms with E-state index in [4.69, 9.17) is 14.7 Å². The number of nitrogens with one attached hydrogen (secondary N) is 1. The summed E-state index contributed by atoms with van der Waals surface area (Å²) in [4.78, 5) is 32.6. The molecule has 0 unspecified atom stereocenters. The number of amides is 1. The van der Waals surface area contributed by atoms with Crippen molar-refractivity contribution >= 4 is 29.0 Å². The van der Waals surface area contributed by atoms with Gasteiger partial charge in [-0.15, -0.1) is 0 Å². The highest BCUT2D eigenvalue weighted by Crippen LogP contribution is 2.25. The molecule has 11 nitrogen and oxygen atoms in total. The molecule has 2 aliphatic heterocycles. The van der Waals surface area contributed by atoms with Crippen LogP contribution in [0.2, 0.25) is 0 Å². The number of rotatable bonds is 10. The highest BCUT2D eigenvalue weighted by molar-refractivity contribution is 5.84. The maximum atomic E-state index is 11.6. The Balaban J connectivity index is 1.25. The minimum atomic E-state index is -0.193. The van der Waals surface area contributed by atoms with Crippen LogP contribution in [0.5, 0.6) is 0 Å². The molecule has 0 aliphatic carbocycles. The number of carbonyl (C=O) groups is 1. The van der Waals surface area contributed by atoms with Gasteiger partial charge in [0, 0.05) is 45.3 Å². The third kappa shape index (κ3) is 5.65. The third-order valence-electron chi connectivity index (χ3n) is 7.19. The summed E-state index contributed by atoms with van der Waals surface area (Å²) in [6.45, 7) is 11.3. The van der Waals surface area contributed by atoms with Crippen molar-refractivity contribution in [1.29, 1.82) is 5.26 Å². The van der Waals surface area contributed by atoms with E-state index in [1.807, 2.05) is 30.6 Å². The lowest BCUT2D eigenvalue weighted by molar-refractivity contribution is 0.156. The first-order valence-electron chi connectivity index (χ1n) is 13.4. The summed E-state index contributed by atoms with van der Waals surface area (Å²) in [6, 6.07) is 10.2. The minimum Gasteiger partial charge on any atom is -0.448 e. The van der Waals surface area contributed by atoms with Crippen LogP contribution in [0, 0.1) is 11.3 Å². The van der Waals surface area contributed by atoms with Crippen LogP contribution in [-0.2, 0) is 11.2 Å². The van der Waals surface area contributed by atoms with E-state index in [1.54, 1.807) is 4.90 Å². The van der Waals surface area contributed by atoms with Gasteiger partial charge in [0.15, 0.2) is 17.0 Å². The van der Waals surface area contributed by atoms with Crippen LogP contribution < -0.4 is 10.2 Å². The summed E-state index contributed by atoms with van der Waals surface area (Å²) in [5.41, 5.74) is 3.29. The first kappa shape index (κ1) is 25.7.